The van der Waals surface area contributed by atoms with Gasteiger partial charge in [-0.1, -0.05) is 0 Å². The van der Waals surface area contributed by atoms with Gasteiger partial charge in [0, 0.05) is 13.1 Å². The molecule has 0 unspecified atom stereocenters. The van der Waals surface area contributed by atoms with Crippen LogP contribution in [0.1, 0.15) is 56.0 Å². The van der Waals surface area contributed by atoms with E-state index in [1.165, 1.54) is 7.11 Å². The van der Waals surface area contributed by atoms with Gasteiger partial charge < -0.3 is 19.5 Å². The largest absolute Gasteiger partial charge is 0.504 e. The molecule has 0 aromatic heterocycles. The van der Waals surface area contributed by atoms with Crippen molar-refractivity contribution in [3.8, 4) is 11.5 Å². The number of methoxy groups -OCH3 is 1. The fourth-order valence-electron chi connectivity index (χ4n) is 3.18. The predicted molar refractivity (Wildman–Crippen MR) is 98.9 cm³/mol. The number of benzene rings is 1. The average molecular weight is 363 g/mol. The van der Waals surface area contributed by atoms with E-state index in [-0.39, 0.29) is 17.4 Å². The molecule has 6 heteroatoms. The molecule has 26 heavy (non-hydrogen) atoms. The highest BCUT2D eigenvalue weighted by molar-refractivity contribution is 5.81. The number of phenols is 1. The summed E-state index contributed by atoms with van der Waals surface area (Å²) in [7, 11) is 1.47. The molecule has 1 fully saturated rings. The second-order valence-electron chi connectivity index (χ2n) is 7.80. The topological polar surface area (TPSA) is 76.1 Å². The van der Waals surface area contributed by atoms with Crippen molar-refractivity contribution in [3.63, 3.8) is 0 Å². The quantitative estimate of drug-likeness (QED) is 0.806. The number of ether oxygens (including phenoxy) is 2. The Balaban J connectivity index is 1.87. The number of aldehydes is 1. The Labute approximate surface area is 155 Å². The highest BCUT2D eigenvalue weighted by Crippen LogP contribution is 2.32. The number of nitrogens with zero attached hydrogens (tertiary/aromatic N) is 1. The molecule has 2 rings (SSSR count). The Hall–Kier alpha value is -2.24. The molecule has 0 atom stereocenters. The molecule has 0 saturated carbocycles. The van der Waals surface area contributed by atoms with Crippen molar-refractivity contribution in [2.45, 2.75) is 52.1 Å². The van der Waals surface area contributed by atoms with Crippen LogP contribution in [0.5, 0.6) is 11.5 Å². The van der Waals surface area contributed by atoms with Gasteiger partial charge in [-0.25, -0.2) is 4.79 Å². The van der Waals surface area contributed by atoms with Crippen molar-refractivity contribution in [1.29, 1.82) is 0 Å². The number of likely N-dealkylation sites (tertiary alicyclic amines) is 1. The number of amides is 1. The van der Waals surface area contributed by atoms with Gasteiger partial charge in [0.25, 0.3) is 0 Å². The van der Waals surface area contributed by atoms with Crippen LogP contribution in [0, 0.1) is 5.92 Å². The average Bonchev–Trinajstić information content (AvgIpc) is 2.59. The molecular formula is C20H29NO5. The highest BCUT2D eigenvalue weighted by Gasteiger charge is 2.26. The van der Waals surface area contributed by atoms with E-state index < -0.39 is 5.60 Å². The van der Waals surface area contributed by atoms with Gasteiger partial charge in [0.15, 0.2) is 17.8 Å². The maximum atomic E-state index is 12.1. The predicted octanol–water partition coefficient (Wildman–Crippen LogP) is 3.79. The number of aromatic hydroxyl groups is 1. The molecule has 6 nitrogen and oxygen atoms in total. The second-order valence-corrected chi connectivity index (χ2v) is 7.80. The van der Waals surface area contributed by atoms with Gasteiger partial charge in [-0.15, -0.1) is 0 Å². The molecule has 0 aliphatic carbocycles. The first-order chi connectivity index (χ1) is 12.2. The Kier molecular flexibility index (Phi) is 6.51. The van der Waals surface area contributed by atoms with Gasteiger partial charge >= 0.3 is 6.09 Å². The summed E-state index contributed by atoms with van der Waals surface area (Å²) >= 11 is 0. The van der Waals surface area contributed by atoms with E-state index in [1.807, 2.05) is 20.8 Å². The van der Waals surface area contributed by atoms with Crippen molar-refractivity contribution in [3.05, 3.63) is 23.3 Å². The van der Waals surface area contributed by atoms with E-state index in [9.17, 15) is 14.7 Å². The van der Waals surface area contributed by atoms with Crippen LogP contribution in [0.3, 0.4) is 0 Å². The molecule has 1 aromatic carbocycles. The lowest BCUT2D eigenvalue weighted by atomic mass is 9.90. The molecular weight excluding hydrogens is 334 g/mol. The van der Waals surface area contributed by atoms with Gasteiger partial charge in [0.1, 0.15) is 5.60 Å². The van der Waals surface area contributed by atoms with Gasteiger partial charge in [-0.05, 0) is 70.1 Å². The molecule has 0 radical (unpaired) electrons. The summed E-state index contributed by atoms with van der Waals surface area (Å²) in [5.41, 5.74) is 0.748. The van der Waals surface area contributed by atoms with Crippen molar-refractivity contribution in [1.82, 2.24) is 4.90 Å². The van der Waals surface area contributed by atoms with Gasteiger partial charge in [0.05, 0.1) is 12.7 Å². The number of piperidine rings is 1. The monoisotopic (exact) mass is 363 g/mol. The third kappa shape index (κ3) is 5.38. The Morgan fingerprint density at radius 2 is 1.96 bits per heavy atom. The lowest BCUT2D eigenvalue weighted by Crippen LogP contribution is -2.41. The Morgan fingerprint density at radius 1 is 1.31 bits per heavy atom. The molecule has 1 N–H and O–H groups in total. The number of phenolic OH excluding ortho intramolecular Hbond substituents is 1. The van der Waals surface area contributed by atoms with Crippen LogP contribution in [0.15, 0.2) is 12.1 Å². The molecule has 1 saturated heterocycles. The van der Waals surface area contributed by atoms with Crippen molar-refractivity contribution >= 4 is 12.4 Å². The van der Waals surface area contributed by atoms with Crippen molar-refractivity contribution in [2.75, 3.05) is 20.2 Å². The SMILES string of the molecule is COc1cc(CCC2CCN(C(=O)OC(C)(C)C)CC2)cc(C=O)c1O. The summed E-state index contributed by atoms with van der Waals surface area (Å²) in [6.45, 7) is 7.03. The number of carbonyl (C=O) groups is 2. The lowest BCUT2D eigenvalue weighted by Gasteiger charge is -2.33. The van der Waals surface area contributed by atoms with Crippen molar-refractivity contribution < 1.29 is 24.2 Å². The highest BCUT2D eigenvalue weighted by atomic mass is 16.6. The van der Waals surface area contributed by atoms with Crippen LogP contribution in [0.4, 0.5) is 4.79 Å². The third-order valence-electron chi connectivity index (χ3n) is 4.62. The Morgan fingerprint density at radius 3 is 2.50 bits per heavy atom. The zero-order valence-electron chi connectivity index (χ0n) is 16.1. The molecule has 144 valence electrons. The minimum atomic E-state index is -0.470. The molecule has 0 bridgehead atoms. The molecule has 0 spiro atoms. The summed E-state index contributed by atoms with van der Waals surface area (Å²) in [6.07, 6.45) is 4.04. The van der Waals surface area contributed by atoms with Crippen molar-refractivity contribution in [2.24, 2.45) is 5.92 Å². The zero-order chi connectivity index (χ0) is 19.3. The van der Waals surface area contributed by atoms with E-state index in [2.05, 4.69) is 0 Å². The molecule has 1 heterocycles. The van der Waals surface area contributed by atoms with E-state index in [1.54, 1.807) is 17.0 Å². The van der Waals surface area contributed by atoms with E-state index in [0.717, 1.165) is 31.2 Å². The zero-order valence-corrected chi connectivity index (χ0v) is 16.1. The first-order valence-electron chi connectivity index (χ1n) is 9.06. The maximum absolute atomic E-state index is 12.1. The first kappa shape index (κ1) is 20.1. The summed E-state index contributed by atoms with van der Waals surface area (Å²) in [5.74, 6) is 0.731. The van der Waals surface area contributed by atoms with Crippen LogP contribution in [-0.2, 0) is 11.2 Å². The number of rotatable bonds is 5. The maximum Gasteiger partial charge on any atom is 0.410 e. The summed E-state index contributed by atoms with van der Waals surface area (Å²) in [4.78, 5) is 25.0. The van der Waals surface area contributed by atoms with Crippen LogP contribution >= 0.6 is 0 Å². The summed E-state index contributed by atoms with van der Waals surface area (Å²) < 4.78 is 10.6. The number of aryl methyl sites for hydroxylation is 1. The van der Waals surface area contributed by atoms with Gasteiger partial charge in [-0.2, -0.15) is 0 Å². The standard InChI is InChI=1S/C20H29NO5/c1-20(2,3)26-19(24)21-9-7-14(8-10-21)5-6-15-11-16(13-22)18(23)17(12-15)25-4/h11-14,23H,5-10H2,1-4H3. The van der Waals surface area contributed by atoms with Crippen LogP contribution in [0.2, 0.25) is 0 Å². The van der Waals surface area contributed by atoms with Gasteiger partial charge in [-0.3, -0.25) is 4.79 Å². The Bertz CT molecular complexity index is 642. The van der Waals surface area contributed by atoms with E-state index in [0.29, 0.717) is 31.0 Å². The number of carbonyl (C=O) groups excluding carboxylic acids is 2. The molecule has 1 amide bonds. The first-order valence-corrected chi connectivity index (χ1v) is 9.06. The molecule has 1 aliphatic rings. The molecule has 1 aliphatic heterocycles. The van der Waals surface area contributed by atoms with Gasteiger partial charge in [0.2, 0.25) is 0 Å². The fraction of sp³-hybridized carbons (Fsp3) is 0.600. The minimum Gasteiger partial charge on any atom is -0.504 e. The lowest BCUT2D eigenvalue weighted by molar-refractivity contribution is 0.0181. The second kappa shape index (κ2) is 8.43. The number of hydrogen-bond donors (Lipinski definition) is 1. The number of hydrogen-bond acceptors (Lipinski definition) is 5. The summed E-state index contributed by atoms with van der Waals surface area (Å²) in [6, 6.07) is 3.48. The third-order valence-corrected chi connectivity index (χ3v) is 4.62. The minimum absolute atomic E-state index is 0.114. The van der Waals surface area contributed by atoms with Crippen LogP contribution < -0.4 is 4.74 Å². The van der Waals surface area contributed by atoms with Crippen LogP contribution in [0.25, 0.3) is 0 Å². The normalized spacial score (nSPS) is 15.6. The van der Waals surface area contributed by atoms with E-state index in [4.69, 9.17) is 9.47 Å². The molecule has 1 aromatic rings. The van der Waals surface area contributed by atoms with Crippen LogP contribution in [-0.4, -0.2) is 48.2 Å². The smallest absolute Gasteiger partial charge is 0.410 e. The fourth-order valence-corrected chi connectivity index (χ4v) is 3.18. The van der Waals surface area contributed by atoms with E-state index >= 15 is 0 Å². The summed E-state index contributed by atoms with van der Waals surface area (Å²) in [5, 5.41) is 9.89.